The van der Waals surface area contributed by atoms with Gasteiger partial charge in [0.1, 0.15) is 18.1 Å². The highest BCUT2D eigenvalue weighted by Gasteiger charge is 2.38. The van der Waals surface area contributed by atoms with Crippen molar-refractivity contribution in [3.63, 3.8) is 0 Å². The largest absolute Gasteiger partial charge is 0.481 e. The van der Waals surface area contributed by atoms with Crippen LogP contribution in [0.15, 0.2) is 30.3 Å². The van der Waals surface area contributed by atoms with E-state index in [0.29, 0.717) is 18.6 Å². The van der Waals surface area contributed by atoms with Gasteiger partial charge in [-0.2, -0.15) is 11.8 Å². The number of carbonyl (C=O) groups excluding carboxylic acids is 3. The Kier molecular flexibility index (Phi) is 11.7. The van der Waals surface area contributed by atoms with Crippen LogP contribution < -0.4 is 16.4 Å². The molecule has 1 aliphatic rings. The van der Waals surface area contributed by atoms with E-state index in [4.69, 9.17) is 10.8 Å². The lowest BCUT2D eigenvalue weighted by atomic mass is 10.0. The molecule has 1 heterocycles. The molecule has 4 atom stereocenters. The fourth-order valence-electron chi connectivity index (χ4n) is 4.00. The third kappa shape index (κ3) is 8.83. The first-order valence-corrected chi connectivity index (χ1v) is 13.2. The molecule has 0 aromatic heterocycles. The number of carboxylic acid groups (broad SMARTS) is 2. The van der Waals surface area contributed by atoms with Gasteiger partial charge in [0.05, 0.1) is 6.04 Å². The zero-order valence-electron chi connectivity index (χ0n) is 20.2. The van der Waals surface area contributed by atoms with Gasteiger partial charge in [0, 0.05) is 19.4 Å². The summed E-state index contributed by atoms with van der Waals surface area (Å²) in [5.41, 5.74) is 6.72. The topological polar surface area (TPSA) is 179 Å². The first kappa shape index (κ1) is 29.1. The predicted molar refractivity (Wildman–Crippen MR) is 134 cm³/mol. The fourth-order valence-corrected chi connectivity index (χ4v) is 4.49. The number of rotatable bonds is 14. The van der Waals surface area contributed by atoms with Gasteiger partial charge in [-0.1, -0.05) is 30.3 Å². The van der Waals surface area contributed by atoms with Crippen molar-refractivity contribution in [2.45, 2.75) is 62.7 Å². The van der Waals surface area contributed by atoms with Crippen LogP contribution in [0.2, 0.25) is 0 Å². The maximum Gasteiger partial charge on any atom is 0.326 e. The minimum absolute atomic E-state index is 0.120. The lowest BCUT2D eigenvalue weighted by Crippen LogP contribution is -2.57. The molecule has 0 radical (unpaired) electrons. The second-order valence-corrected chi connectivity index (χ2v) is 9.65. The summed E-state index contributed by atoms with van der Waals surface area (Å²) in [7, 11) is 0. The normalized spacial score (nSPS) is 17.6. The molecule has 0 aliphatic carbocycles. The van der Waals surface area contributed by atoms with E-state index >= 15 is 0 Å². The summed E-state index contributed by atoms with van der Waals surface area (Å²) in [4.78, 5) is 63.1. The lowest BCUT2D eigenvalue weighted by molar-refractivity contribution is -0.150. The maximum atomic E-state index is 13.3. The average molecular weight is 523 g/mol. The molecule has 1 aromatic rings. The number of nitrogens with one attached hydrogen (secondary N) is 2. The van der Waals surface area contributed by atoms with Gasteiger partial charge in [0.25, 0.3) is 0 Å². The van der Waals surface area contributed by atoms with Gasteiger partial charge in [-0.05, 0) is 43.3 Å². The Morgan fingerprint density at radius 1 is 1.06 bits per heavy atom. The van der Waals surface area contributed by atoms with Gasteiger partial charge < -0.3 is 31.5 Å². The summed E-state index contributed by atoms with van der Waals surface area (Å²) in [5, 5.41) is 23.8. The van der Waals surface area contributed by atoms with Crippen molar-refractivity contribution >= 4 is 41.4 Å². The Morgan fingerprint density at radius 2 is 1.72 bits per heavy atom. The number of hydrogen-bond donors (Lipinski definition) is 5. The van der Waals surface area contributed by atoms with Crippen LogP contribution in [-0.4, -0.2) is 87.5 Å². The van der Waals surface area contributed by atoms with Gasteiger partial charge in [0.15, 0.2) is 0 Å². The molecule has 1 fully saturated rings. The molecular weight excluding hydrogens is 488 g/mol. The molecule has 3 amide bonds. The number of hydrogen-bond acceptors (Lipinski definition) is 7. The van der Waals surface area contributed by atoms with Crippen molar-refractivity contribution < 1.29 is 34.2 Å². The molecule has 2 rings (SSSR count). The SMILES string of the molecule is CSCCC(N)C(=O)NC(Cc1ccccc1)C(=O)NC(CCC(=O)O)C(=O)N1CCCC1C(=O)O. The summed E-state index contributed by atoms with van der Waals surface area (Å²) < 4.78 is 0. The Hall–Kier alpha value is -3.12. The van der Waals surface area contributed by atoms with Gasteiger partial charge >= 0.3 is 11.9 Å². The molecule has 1 aromatic carbocycles. The molecule has 1 saturated heterocycles. The van der Waals surface area contributed by atoms with Crippen molar-refractivity contribution in [3.8, 4) is 0 Å². The fraction of sp³-hybridized carbons (Fsp3) is 0.542. The smallest absolute Gasteiger partial charge is 0.326 e. The monoisotopic (exact) mass is 522 g/mol. The van der Waals surface area contributed by atoms with Gasteiger partial charge in [-0.3, -0.25) is 19.2 Å². The van der Waals surface area contributed by atoms with Crippen molar-refractivity contribution in [1.82, 2.24) is 15.5 Å². The third-order valence-corrected chi connectivity index (χ3v) is 6.61. The van der Waals surface area contributed by atoms with E-state index in [9.17, 15) is 29.1 Å². The van der Waals surface area contributed by atoms with Crippen molar-refractivity contribution in [3.05, 3.63) is 35.9 Å². The number of benzene rings is 1. The van der Waals surface area contributed by atoms with E-state index in [1.54, 1.807) is 24.3 Å². The summed E-state index contributed by atoms with van der Waals surface area (Å²) in [5.74, 6) is -3.50. The molecular formula is C24H34N4O7S. The first-order valence-electron chi connectivity index (χ1n) is 11.8. The molecule has 0 spiro atoms. The standard InChI is InChI=1S/C24H34N4O7S/c1-36-13-11-16(25)21(31)27-18(14-15-6-3-2-4-7-15)22(32)26-17(9-10-20(29)30)23(33)28-12-5-8-19(28)24(34)35/h2-4,6-7,16-19H,5,8-14,25H2,1H3,(H,26,32)(H,27,31)(H,29,30)(H,34,35). The zero-order valence-corrected chi connectivity index (χ0v) is 21.0. The summed E-state index contributed by atoms with van der Waals surface area (Å²) in [6, 6.07) is 4.77. The highest BCUT2D eigenvalue weighted by Crippen LogP contribution is 2.20. The quantitative estimate of drug-likeness (QED) is 0.228. The number of amides is 3. The zero-order chi connectivity index (χ0) is 26.7. The second kappa shape index (κ2) is 14.4. The number of likely N-dealkylation sites (tertiary alicyclic amines) is 1. The lowest BCUT2D eigenvalue weighted by Gasteiger charge is -2.29. The number of thioether (sulfide) groups is 1. The van der Waals surface area contributed by atoms with E-state index in [-0.39, 0.29) is 25.8 Å². The number of aliphatic carboxylic acids is 2. The summed E-state index contributed by atoms with van der Waals surface area (Å²) in [6.07, 6.45) is 2.57. The van der Waals surface area contributed by atoms with E-state index in [2.05, 4.69) is 10.6 Å². The number of nitrogens with two attached hydrogens (primary N) is 1. The van der Waals surface area contributed by atoms with E-state index < -0.39 is 60.2 Å². The van der Waals surface area contributed by atoms with E-state index in [0.717, 1.165) is 10.5 Å². The van der Waals surface area contributed by atoms with Crippen molar-refractivity contribution in [1.29, 1.82) is 0 Å². The molecule has 198 valence electrons. The van der Waals surface area contributed by atoms with E-state index in [1.807, 2.05) is 12.3 Å². The molecule has 36 heavy (non-hydrogen) atoms. The molecule has 12 heteroatoms. The van der Waals surface area contributed by atoms with Crippen LogP contribution in [-0.2, 0) is 30.4 Å². The highest BCUT2D eigenvalue weighted by molar-refractivity contribution is 7.98. The molecule has 11 nitrogen and oxygen atoms in total. The third-order valence-electron chi connectivity index (χ3n) is 5.97. The van der Waals surface area contributed by atoms with Crippen LogP contribution in [0.4, 0.5) is 0 Å². The summed E-state index contributed by atoms with van der Waals surface area (Å²) in [6.45, 7) is 0.198. The molecule has 0 saturated carbocycles. The van der Waals surface area contributed by atoms with Crippen LogP contribution in [0.1, 0.15) is 37.7 Å². The average Bonchev–Trinajstić information content (AvgIpc) is 3.35. The summed E-state index contributed by atoms with van der Waals surface area (Å²) >= 11 is 1.54. The van der Waals surface area contributed by atoms with E-state index in [1.165, 1.54) is 11.8 Å². The minimum atomic E-state index is -1.26. The van der Waals surface area contributed by atoms with Gasteiger partial charge in [-0.25, -0.2) is 4.79 Å². The van der Waals surface area contributed by atoms with Crippen molar-refractivity contribution in [2.24, 2.45) is 5.73 Å². The molecule has 4 unspecified atom stereocenters. The minimum Gasteiger partial charge on any atom is -0.481 e. The Morgan fingerprint density at radius 3 is 2.33 bits per heavy atom. The number of carboxylic acids is 2. The van der Waals surface area contributed by atoms with Crippen molar-refractivity contribution in [2.75, 3.05) is 18.6 Å². The van der Waals surface area contributed by atoms with Crippen LogP contribution in [0, 0.1) is 0 Å². The Labute approximate surface area is 214 Å². The van der Waals surface area contributed by atoms with Crippen LogP contribution in [0.25, 0.3) is 0 Å². The Bertz CT molecular complexity index is 930. The predicted octanol–water partition coefficient (Wildman–Crippen LogP) is 0.220. The first-order chi connectivity index (χ1) is 17.1. The van der Waals surface area contributed by atoms with Crippen LogP contribution >= 0.6 is 11.8 Å². The Balaban J connectivity index is 2.23. The van der Waals surface area contributed by atoms with Gasteiger partial charge in [0.2, 0.25) is 17.7 Å². The number of carbonyl (C=O) groups is 5. The van der Waals surface area contributed by atoms with Gasteiger partial charge in [-0.15, -0.1) is 0 Å². The molecule has 6 N–H and O–H groups in total. The van der Waals surface area contributed by atoms with Crippen LogP contribution in [0.3, 0.4) is 0 Å². The molecule has 0 bridgehead atoms. The molecule has 1 aliphatic heterocycles. The number of nitrogens with zero attached hydrogens (tertiary/aromatic N) is 1. The highest BCUT2D eigenvalue weighted by atomic mass is 32.2. The maximum absolute atomic E-state index is 13.3. The van der Waals surface area contributed by atoms with Crippen LogP contribution in [0.5, 0.6) is 0 Å². The second-order valence-electron chi connectivity index (χ2n) is 8.66.